The second-order valence-electron chi connectivity index (χ2n) is 2.90. The normalized spacial score (nSPS) is 16.1. The van der Waals surface area contributed by atoms with Gasteiger partial charge in [0, 0.05) is 12.3 Å². The molecule has 0 bridgehead atoms. The number of nitrogens with zero attached hydrogens (tertiary/aromatic N) is 1. The number of hydrogen-bond donors (Lipinski definition) is 0. The molecule has 0 amide bonds. The lowest BCUT2D eigenvalue weighted by molar-refractivity contribution is -0.134. The smallest absolute Gasteiger partial charge is 0.179 e. The molecule has 0 N–H and O–H groups in total. The lowest BCUT2D eigenvalue weighted by atomic mass is 10.3. The van der Waals surface area contributed by atoms with Crippen molar-refractivity contribution in [2.75, 3.05) is 13.2 Å². The number of unbranched alkanes of at least 4 members (excludes halogenated alkanes) is 2. The molecular formula is C9H15NO2. The Kier molecular flexibility index (Phi) is 3.80. The third kappa shape index (κ3) is 3.05. The maximum Gasteiger partial charge on any atom is 0.179 e. The molecule has 1 aliphatic rings. The largest absolute Gasteiger partial charge is 0.293 e. The summed E-state index contributed by atoms with van der Waals surface area (Å²) in [6, 6.07) is 0. The summed E-state index contributed by atoms with van der Waals surface area (Å²) in [7, 11) is 0. The van der Waals surface area contributed by atoms with Crippen LogP contribution < -0.4 is 0 Å². The average Bonchev–Trinajstić information content (AvgIpc) is 2.45. The Morgan fingerprint density at radius 1 is 1.58 bits per heavy atom. The van der Waals surface area contributed by atoms with Crippen molar-refractivity contribution in [2.45, 2.75) is 26.2 Å². The van der Waals surface area contributed by atoms with Gasteiger partial charge in [0.2, 0.25) is 0 Å². The van der Waals surface area contributed by atoms with Gasteiger partial charge in [-0.1, -0.05) is 19.8 Å². The molecule has 3 nitrogen and oxygen atoms in total. The van der Waals surface area contributed by atoms with Crippen LogP contribution in [0.5, 0.6) is 0 Å². The molecule has 3 heteroatoms. The second-order valence-corrected chi connectivity index (χ2v) is 2.90. The van der Waals surface area contributed by atoms with E-state index in [1.807, 2.05) is 0 Å². The van der Waals surface area contributed by atoms with E-state index in [4.69, 9.17) is 4.84 Å². The fourth-order valence-electron chi connectivity index (χ4n) is 1.05. The van der Waals surface area contributed by atoms with E-state index < -0.39 is 0 Å². The first-order chi connectivity index (χ1) is 5.83. The summed E-state index contributed by atoms with van der Waals surface area (Å²) in [5, 5.41) is 1.60. The minimum absolute atomic E-state index is 0.116. The Balaban J connectivity index is 2.01. The van der Waals surface area contributed by atoms with E-state index in [-0.39, 0.29) is 5.78 Å². The summed E-state index contributed by atoms with van der Waals surface area (Å²) in [5.74, 6) is 0.116. The molecule has 0 unspecified atom stereocenters. The van der Waals surface area contributed by atoms with Crippen LogP contribution in [-0.4, -0.2) is 24.0 Å². The summed E-state index contributed by atoms with van der Waals surface area (Å²) in [6.07, 6.45) is 6.67. The van der Waals surface area contributed by atoms with Gasteiger partial charge in [0.05, 0.1) is 6.61 Å². The summed E-state index contributed by atoms with van der Waals surface area (Å²) in [5.41, 5.74) is 0. The van der Waals surface area contributed by atoms with Gasteiger partial charge in [0.1, 0.15) is 6.54 Å². The predicted molar refractivity (Wildman–Crippen MR) is 46.3 cm³/mol. The van der Waals surface area contributed by atoms with Gasteiger partial charge < -0.3 is 0 Å². The molecule has 0 aromatic rings. The third-order valence-electron chi connectivity index (χ3n) is 1.74. The molecule has 1 aliphatic heterocycles. The minimum Gasteiger partial charge on any atom is -0.293 e. The molecule has 68 valence electrons. The van der Waals surface area contributed by atoms with Gasteiger partial charge in [-0.2, -0.15) is 0 Å². The summed E-state index contributed by atoms with van der Waals surface area (Å²) < 4.78 is 0. The molecule has 1 rings (SSSR count). The van der Waals surface area contributed by atoms with Crippen LogP contribution in [-0.2, 0) is 9.63 Å². The molecule has 0 atom stereocenters. The molecule has 0 aliphatic carbocycles. The van der Waals surface area contributed by atoms with Gasteiger partial charge in [-0.25, -0.2) is 0 Å². The molecule has 0 aromatic carbocycles. The van der Waals surface area contributed by atoms with Crippen molar-refractivity contribution >= 4 is 5.78 Å². The topological polar surface area (TPSA) is 29.5 Å². The zero-order valence-corrected chi connectivity index (χ0v) is 7.45. The standard InChI is InChI=1S/C9H15NO2/c1-2-3-4-7-12-10-6-5-9(11)8-10/h5-6H,2-4,7-8H2,1H3. The van der Waals surface area contributed by atoms with E-state index in [1.54, 1.807) is 17.3 Å². The van der Waals surface area contributed by atoms with E-state index in [0.29, 0.717) is 13.2 Å². The molecular weight excluding hydrogens is 154 g/mol. The quantitative estimate of drug-likeness (QED) is 0.584. The molecule has 0 spiro atoms. The lowest BCUT2D eigenvalue weighted by Gasteiger charge is -2.13. The molecule has 0 fully saturated rings. The monoisotopic (exact) mass is 169 g/mol. The van der Waals surface area contributed by atoms with Gasteiger partial charge in [-0.05, 0) is 6.42 Å². The highest BCUT2D eigenvalue weighted by Crippen LogP contribution is 2.03. The van der Waals surface area contributed by atoms with Crippen LogP contribution in [0.1, 0.15) is 26.2 Å². The van der Waals surface area contributed by atoms with Gasteiger partial charge in [0.25, 0.3) is 0 Å². The molecule has 0 radical (unpaired) electrons. The van der Waals surface area contributed by atoms with Crippen LogP contribution in [0.3, 0.4) is 0 Å². The number of hydrogen-bond acceptors (Lipinski definition) is 3. The zero-order valence-electron chi connectivity index (χ0n) is 7.45. The third-order valence-corrected chi connectivity index (χ3v) is 1.74. The second kappa shape index (κ2) is 4.93. The number of rotatable bonds is 5. The highest BCUT2D eigenvalue weighted by Gasteiger charge is 2.11. The fraction of sp³-hybridized carbons (Fsp3) is 0.667. The van der Waals surface area contributed by atoms with Crippen LogP contribution in [0, 0.1) is 0 Å². The number of hydroxylamine groups is 2. The van der Waals surface area contributed by atoms with Crippen molar-refractivity contribution in [3.8, 4) is 0 Å². The number of carbonyl (C=O) groups is 1. The zero-order chi connectivity index (χ0) is 8.81. The maximum atomic E-state index is 10.7. The van der Waals surface area contributed by atoms with Crippen LogP contribution >= 0.6 is 0 Å². The summed E-state index contributed by atoms with van der Waals surface area (Å²) in [4.78, 5) is 16.0. The fourth-order valence-corrected chi connectivity index (χ4v) is 1.05. The molecule has 0 aromatic heterocycles. The maximum absolute atomic E-state index is 10.7. The summed E-state index contributed by atoms with van der Waals surface area (Å²) in [6.45, 7) is 3.25. The summed E-state index contributed by atoms with van der Waals surface area (Å²) >= 11 is 0. The van der Waals surface area contributed by atoms with Crippen molar-refractivity contribution in [2.24, 2.45) is 0 Å². The van der Waals surface area contributed by atoms with Crippen LogP contribution in [0.4, 0.5) is 0 Å². The molecule has 12 heavy (non-hydrogen) atoms. The minimum atomic E-state index is 0.116. The molecule has 1 heterocycles. The van der Waals surface area contributed by atoms with E-state index in [0.717, 1.165) is 6.42 Å². The van der Waals surface area contributed by atoms with Crippen LogP contribution in [0.15, 0.2) is 12.3 Å². The Morgan fingerprint density at radius 3 is 3.00 bits per heavy atom. The van der Waals surface area contributed by atoms with Crippen molar-refractivity contribution in [1.82, 2.24) is 5.06 Å². The van der Waals surface area contributed by atoms with Gasteiger partial charge in [-0.15, -0.1) is 0 Å². The Morgan fingerprint density at radius 2 is 2.42 bits per heavy atom. The predicted octanol–water partition coefficient (Wildman–Crippen LogP) is 1.51. The Labute approximate surface area is 73.0 Å². The first-order valence-electron chi connectivity index (χ1n) is 4.43. The lowest BCUT2D eigenvalue weighted by Crippen LogP contribution is -2.19. The number of carbonyl (C=O) groups excluding carboxylic acids is 1. The highest BCUT2D eigenvalue weighted by molar-refractivity contribution is 5.93. The van der Waals surface area contributed by atoms with Gasteiger partial charge in [-0.3, -0.25) is 14.7 Å². The van der Waals surface area contributed by atoms with E-state index in [9.17, 15) is 4.79 Å². The van der Waals surface area contributed by atoms with Crippen molar-refractivity contribution < 1.29 is 9.63 Å². The first-order valence-corrected chi connectivity index (χ1v) is 4.43. The van der Waals surface area contributed by atoms with Crippen LogP contribution in [0.2, 0.25) is 0 Å². The SMILES string of the molecule is CCCCCON1C=CC(=O)C1. The average molecular weight is 169 g/mol. The van der Waals surface area contributed by atoms with Gasteiger partial charge >= 0.3 is 0 Å². The van der Waals surface area contributed by atoms with Crippen molar-refractivity contribution in [3.05, 3.63) is 12.3 Å². The number of ketones is 1. The van der Waals surface area contributed by atoms with Crippen molar-refractivity contribution in [1.29, 1.82) is 0 Å². The van der Waals surface area contributed by atoms with E-state index in [1.165, 1.54) is 12.8 Å². The highest BCUT2D eigenvalue weighted by atomic mass is 16.7. The van der Waals surface area contributed by atoms with Crippen LogP contribution in [0.25, 0.3) is 0 Å². The Hall–Kier alpha value is -0.830. The van der Waals surface area contributed by atoms with E-state index >= 15 is 0 Å². The molecule has 0 saturated heterocycles. The van der Waals surface area contributed by atoms with Crippen molar-refractivity contribution in [3.63, 3.8) is 0 Å². The van der Waals surface area contributed by atoms with Gasteiger partial charge in [0.15, 0.2) is 5.78 Å². The first kappa shape index (κ1) is 9.26. The Bertz CT molecular complexity index is 177. The van der Waals surface area contributed by atoms with E-state index in [2.05, 4.69) is 6.92 Å². The molecule has 0 saturated carbocycles.